The molecule has 0 aliphatic carbocycles. The summed E-state index contributed by atoms with van der Waals surface area (Å²) in [7, 11) is 2.11. The Morgan fingerprint density at radius 3 is 2.86 bits per heavy atom. The number of piperazine rings is 1. The number of hydrogen-bond donors (Lipinski definition) is 0. The molecule has 0 N–H and O–H groups in total. The van der Waals surface area contributed by atoms with Gasteiger partial charge in [0.25, 0.3) is 5.91 Å². The van der Waals surface area contributed by atoms with Crippen molar-refractivity contribution in [3.05, 3.63) is 54.4 Å². The van der Waals surface area contributed by atoms with Crippen LogP contribution in [0.15, 0.2) is 53.7 Å². The Labute approximate surface area is 250 Å². The number of likely N-dealkylation sites (tertiary alicyclic amines) is 1. The van der Waals surface area contributed by atoms with Gasteiger partial charge in [0.15, 0.2) is 5.83 Å². The first-order valence-corrected chi connectivity index (χ1v) is 15.6. The largest absolute Gasteiger partial charge is 0.462 e. The second kappa shape index (κ2) is 12.3. The minimum Gasteiger partial charge on any atom is -0.462 e. The van der Waals surface area contributed by atoms with Crippen LogP contribution in [0.5, 0.6) is 6.01 Å². The first-order chi connectivity index (χ1) is 20.4. The van der Waals surface area contributed by atoms with Gasteiger partial charge in [-0.15, -0.1) is 11.8 Å². The summed E-state index contributed by atoms with van der Waals surface area (Å²) in [5.41, 5.74) is 4.50. The highest BCUT2D eigenvalue weighted by Crippen LogP contribution is 2.38. The van der Waals surface area contributed by atoms with E-state index in [1.807, 2.05) is 11.8 Å². The molecule has 0 saturated carbocycles. The summed E-state index contributed by atoms with van der Waals surface area (Å²) in [5.74, 6) is 0.0647. The molecule has 6 rings (SSSR count). The van der Waals surface area contributed by atoms with E-state index in [2.05, 4.69) is 65.9 Å². The van der Waals surface area contributed by atoms with Gasteiger partial charge in [0.1, 0.15) is 12.4 Å². The first kappa shape index (κ1) is 28.4. The minimum absolute atomic E-state index is 0.0805. The van der Waals surface area contributed by atoms with Crippen molar-refractivity contribution >= 4 is 34.4 Å². The van der Waals surface area contributed by atoms with E-state index >= 15 is 0 Å². The number of thioether (sulfide) groups is 1. The van der Waals surface area contributed by atoms with Gasteiger partial charge in [-0.05, 0) is 79.9 Å². The highest BCUT2D eigenvalue weighted by Gasteiger charge is 2.33. The van der Waals surface area contributed by atoms with E-state index < -0.39 is 17.8 Å². The molecule has 0 radical (unpaired) electrons. The average molecular weight is 587 g/mol. The van der Waals surface area contributed by atoms with E-state index in [0.29, 0.717) is 37.6 Å². The van der Waals surface area contributed by atoms with Crippen molar-refractivity contribution in [2.24, 2.45) is 0 Å². The summed E-state index contributed by atoms with van der Waals surface area (Å²) in [6.07, 6.45) is 4.52. The fraction of sp³-hybridized carbons (Fsp3) is 0.438. The number of benzene rings is 2. The van der Waals surface area contributed by atoms with E-state index in [1.54, 1.807) is 0 Å². The molecule has 0 bridgehead atoms. The topological polar surface area (TPSA) is 85.6 Å². The van der Waals surface area contributed by atoms with E-state index in [-0.39, 0.29) is 13.0 Å². The Morgan fingerprint density at radius 2 is 2.07 bits per heavy atom. The summed E-state index contributed by atoms with van der Waals surface area (Å²) in [5, 5.41) is 10.3. The summed E-state index contributed by atoms with van der Waals surface area (Å²) in [6, 6.07) is 15.1. The zero-order valence-electron chi connectivity index (χ0n) is 23.9. The predicted molar refractivity (Wildman–Crippen MR) is 163 cm³/mol. The van der Waals surface area contributed by atoms with E-state index in [9.17, 15) is 14.4 Å². The van der Waals surface area contributed by atoms with Gasteiger partial charge in [0, 0.05) is 36.0 Å². The molecular formula is C32H35FN6O2S. The molecule has 2 saturated heterocycles. The lowest BCUT2D eigenvalue weighted by molar-refractivity contribution is -0.131. The van der Waals surface area contributed by atoms with Crippen LogP contribution < -0.4 is 9.64 Å². The summed E-state index contributed by atoms with van der Waals surface area (Å²) in [4.78, 5) is 29.3. The fourth-order valence-corrected chi connectivity index (χ4v) is 7.41. The number of nitrogens with zero attached hydrogens (tertiary/aromatic N) is 6. The molecule has 10 heteroatoms. The van der Waals surface area contributed by atoms with Crippen molar-refractivity contribution in [3.8, 4) is 23.2 Å². The molecule has 3 aliphatic heterocycles. The number of nitriles is 1. The quantitative estimate of drug-likeness (QED) is 0.349. The van der Waals surface area contributed by atoms with Gasteiger partial charge < -0.3 is 19.4 Å². The normalized spacial score (nSPS) is 20.8. The molecule has 0 spiro atoms. The molecule has 8 nitrogen and oxygen atoms in total. The summed E-state index contributed by atoms with van der Waals surface area (Å²) >= 11 is 1.92. The SMILES string of the molecule is C=C(F)C(=O)N1CCN(c2nc(OC[C@@H]3CCCN3C)nc3cc(-c4cccc5c4CCCS5)ccc23)C[C@@H]1CC#N. The monoisotopic (exact) mass is 586 g/mol. The second-order valence-corrected chi connectivity index (χ2v) is 12.4. The Morgan fingerprint density at radius 1 is 1.19 bits per heavy atom. The van der Waals surface area contributed by atoms with Crippen LogP contribution in [-0.4, -0.2) is 83.3 Å². The van der Waals surface area contributed by atoms with Crippen molar-refractivity contribution in [1.82, 2.24) is 19.8 Å². The number of amides is 1. The van der Waals surface area contributed by atoms with Crippen LogP contribution in [0.2, 0.25) is 0 Å². The number of aromatic nitrogens is 2. The van der Waals surface area contributed by atoms with Crippen LogP contribution >= 0.6 is 11.8 Å². The Bertz CT molecular complexity index is 1560. The van der Waals surface area contributed by atoms with Crippen LogP contribution in [0.25, 0.3) is 22.0 Å². The number of likely N-dealkylation sites (N-methyl/N-ethyl adjacent to an activating group) is 1. The maximum absolute atomic E-state index is 13.8. The van der Waals surface area contributed by atoms with Gasteiger partial charge in [-0.3, -0.25) is 4.79 Å². The number of carbonyl (C=O) groups is 1. The number of halogens is 1. The maximum Gasteiger partial charge on any atom is 0.319 e. The zero-order valence-corrected chi connectivity index (χ0v) is 24.7. The molecule has 218 valence electrons. The molecular weight excluding hydrogens is 551 g/mol. The third-order valence-electron chi connectivity index (χ3n) is 8.61. The van der Waals surface area contributed by atoms with E-state index in [1.165, 1.54) is 20.9 Å². The number of anilines is 1. The van der Waals surface area contributed by atoms with Crippen LogP contribution in [-0.2, 0) is 11.2 Å². The maximum atomic E-state index is 13.8. The van der Waals surface area contributed by atoms with Crippen molar-refractivity contribution in [2.45, 2.75) is 49.1 Å². The Hall–Kier alpha value is -3.68. The van der Waals surface area contributed by atoms with Crippen LogP contribution in [0.4, 0.5) is 10.2 Å². The van der Waals surface area contributed by atoms with Gasteiger partial charge in [-0.25, -0.2) is 4.39 Å². The van der Waals surface area contributed by atoms with Gasteiger partial charge in [-0.2, -0.15) is 15.2 Å². The van der Waals surface area contributed by atoms with Crippen LogP contribution in [0.1, 0.15) is 31.2 Å². The molecule has 0 unspecified atom stereocenters. The van der Waals surface area contributed by atoms with Gasteiger partial charge in [0.2, 0.25) is 0 Å². The third-order valence-corrected chi connectivity index (χ3v) is 9.79. The number of ether oxygens (including phenoxy) is 1. The van der Waals surface area contributed by atoms with E-state index in [4.69, 9.17) is 14.7 Å². The van der Waals surface area contributed by atoms with Crippen LogP contribution in [0, 0.1) is 11.3 Å². The Kier molecular flexibility index (Phi) is 8.31. The number of carbonyl (C=O) groups excluding carboxylic acids is 1. The average Bonchev–Trinajstić information content (AvgIpc) is 3.43. The first-order valence-electron chi connectivity index (χ1n) is 14.6. The molecule has 4 heterocycles. The number of rotatable bonds is 7. The molecule has 3 aliphatic rings. The lowest BCUT2D eigenvalue weighted by Crippen LogP contribution is -2.55. The third kappa shape index (κ3) is 5.68. The molecule has 42 heavy (non-hydrogen) atoms. The zero-order chi connectivity index (χ0) is 29.2. The molecule has 2 fully saturated rings. The molecule has 2 atom stereocenters. The molecule has 3 aromatic rings. The number of fused-ring (bicyclic) bond motifs is 2. The highest BCUT2D eigenvalue weighted by atomic mass is 32.2. The minimum atomic E-state index is -1.01. The second-order valence-electron chi connectivity index (χ2n) is 11.2. The number of hydrogen-bond acceptors (Lipinski definition) is 8. The molecule has 2 aromatic carbocycles. The van der Waals surface area contributed by atoms with Crippen molar-refractivity contribution in [3.63, 3.8) is 0 Å². The predicted octanol–water partition coefficient (Wildman–Crippen LogP) is 5.22. The lowest BCUT2D eigenvalue weighted by atomic mass is 9.95. The van der Waals surface area contributed by atoms with Crippen molar-refractivity contribution < 1.29 is 13.9 Å². The molecule has 1 amide bonds. The summed E-state index contributed by atoms with van der Waals surface area (Å²) in [6.45, 7) is 5.76. The van der Waals surface area contributed by atoms with Crippen molar-refractivity contribution in [2.75, 3.05) is 50.5 Å². The van der Waals surface area contributed by atoms with Gasteiger partial charge in [-0.1, -0.05) is 24.8 Å². The smallest absolute Gasteiger partial charge is 0.319 e. The summed E-state index contributed by atoms with van der Waals surface area (Å²) < 4.78 is 20.0. The van der Waals surface area contributed by atoms with Crippen molar-refractivity contribution in [1.29, 1.82) is 5.26 Å². The lowest BCUT2D eigenvalue weighted by Gasteiger charge is -2.41. The van der Waals surface area contributed by atoms with Gasteiger partial charge in [0.05, 0.1) is 24.0 Å². The highest BCUT2D eigenvalue weighted by molar-refractivity contribution is 7.99. The van der Waals surface area contributed by atoms with Gasteiger partial charge >= 0.3 is 6.01 Å². The molecule has 1 aromatic heterocycles. The van der Waals surface area contributed by atoms with E-state index in [0.717, 1.165) is 54.4 Å². The standard InChI is InChI=1S/C32H35FN6O2S/c1-21(33)31(40)39-16-15-38(19-23(39)12-13-34)30-27-11-10-22(25-7-3-9-29-26(25)8-5-17-42-29)18-28(27)35-32(36-30)41-20-24-6-4-14-37(24)2/h3,7,9-11,18,23-24H,1,4-6,8,12,14-17,19-20H2,2H3/t23-,24-/m0/s1. The van der Waals surface area contributed by atoms with Crippen LogP contribution in [0.3, 0.4) is 0 Å². The Balaban J connectivity index is 1.38. The fourth-order valence-electron chi connectivity index (χ4n) is 6.34.